The van der Waals surface area contributed by atoms with Gasteiger partial charge in [-0.3, -0.25) is 0 Å². The van der Waals surface area contributed by atoms with E-state index in [0.29, 0.717) is 18.7 Å². The van der Waals surface area contributed by atoms with Crippen LogP contribution in [0.2, 0.25) is 0 Å². The number of phenols is 1. The predicted octanol–water partition coefficient (Wildman–Crippen LogP) is 2.42. The van der Waals surface area contributed by atoms with Gasteiger partial charge in [-0.25, -0.2) is 13.8 Å². The van der Waals surface area contributed by atoms with E-state index in [4.69, 9.17) is 5.11 Å². The van der Waals surface area contributed by atoms with Crippen LogP contribution in [0.1, 0.15) is 11.3 Å². The number of phenolic OH excluding ortho intramolecular Hbond substituents is 1. The maximum atomic E-state index is 13.0. The van der Waals surface area contributed by atoms with Crippen LogP contribution >= 0.6 is 11.3 Å². The zero-order valence-electron chi connectivity index (χ0n) is 8.78. The minimum Gasteiger partial charge on any atom is -0.503 e. The van der Waals surface area contributed by atoms with Crippen molar-refractivity contribution >= 4 is 11.3 Å². The Hall–Kier alpha value is -1.53. The predicted molar refractivity (Wildman–Crippen MR) is 60.7 cm³/mol. The zero-order valence-corrected chi connectivity index (χ0v) is 9.60. The van der Waals surface area contributed by atoms with Gasteiger partial charge < -0.3 is 10.4 Å². The Balaban J connectivity index is 1.95. The van der Waals surface area contributed by atoms with Crippen LogP contribution in [0.4, 0.5) is 8.78 Å². The van der Waals surface area contributed by atoms with E-state index in [2.05, 4.69) is 10.3 Å². The SMILES string of the molecule is Oc1c(F)cc(CNCc2cscn2)cc1F. The number of aromatic hydroxyl groups is 1. The third kappa shape index (κ3) is 2.98. The van der Waals surface area contributed by atoms with Crippen molar-refractivity contribution in [1.82, 2.24) is 10.3 Å². The van der Waals surface area contributed by atoms with Gasteiger partial charge in [0.1, 0.15) is 0 Å². The van der Waals surface area contributed by atoms with Gasteiger partial charge in [0.2, 0.25) is 0 Å². The Bertz CT molecular complexity index is 479. The Morgan fingerprint density at radius 3 is 2.53 bits per heavy atom. The number of halogens is 2. The molecule has 6 heteroatoms. The van der Waals surface area contributed by atoms with Crippen molar-refractivity contribution in [3.05, 3.63) is 45.9 Å². The van der Waals surface area contributed by atoms with Crippen LogP contribution in [-0.2, 0) is 13.1 Å². The highest BCUT2D eigenvalue weighted by atomic mass is 32.1. The second-order valence-corrected chi connectivity index (χ2v) is 4.21. The lowest BCUT2D eigenvalue weighted by Crippen LogP contribution is -2.13. The number of benzene rings is 1. The molecule has 0 saturated carbocycles. The highest BCUT2D eigenvalue weighted by Gasteiger charge is 2.09. The second-order valence-electron chi connectivity index (χ2n) is 3.49. The number of hydrogen-bond acceptors (Lipinski definition) is 4. The summed E-state index contributed by atoms with van der Waals surface area (Å²) < 4.78 is 26.0. The van der Waals surface area contributed by atoms with Crippen molar-refractivity contribution < 1.29 is 13.9 Å². The zero-order chi connectivity index (χ0) is 12.3. The lowest BCUT2D eigenvalue weighted by Gasteiger charge is -2.05. The van der Waals surface area contributed by atoms with Crippen LogP contribution < -0.4 is 5.32 Å². The highest BCUT2D eigenvalue weighted by Crippen LogP contribution is 2.21. The van der Waals surface area contributed by atoms with Gasteiger partial charge >= 0.3 is 0 Å². The number of nitrogens with one attached hydrogen (secondary N) is 1. The van der Waals surface area contributed by atoms with Crippen molar-refractivity contribution in [2.45, 2.75) is 13.1 Å². The monoisotopic (exact) mass is 256 g/mol. The molecule has 0 saturated heterocycles. The molecule has 1 heterocycles. The first kappa shape index (κ1) is 11.9. The van der Waals surface area contributed by atoms with E-state index >= 15 is 0 Å². The first-order valence-electron chi connectivity index (χ1n) is 4.91. The molecule has 0 aliphatic heterocycles. The molecule has 0 unspecified atom stereocenters. The van der Waals surface area contributed by atoms with Gasteiger partial charge in [-0.2, -0.15) is 0 Å². The molecule has 0 spiro atoms. The molecule has 0 radical (unpaired) electrons. The quantitative estimate of drug-likeness (QED) is 0.883. The molecular weight excluding hydrogens is 246 g/mol. The van der Waals surface area contributed by atoms with Crippen molar-refractivity contribution in [3.8, 4) is 5.75 Å². The first-order chi connectivity index (χ1) is 8.16. The van der Waals surface area contributed by atoms with Gasteiger partial charge in [0, 0.05) is 18.5 Å². The van der Waals surface area contributed by atoms with Crippen LogP contribution in [-0.4, -0.2) is 10.1 Å². The van der Waals surface area contributed by atoms with Crippen LogP contribution in [0.25, 0.3) is 0 Å². The number of nitrogens with zero attached hydrogens (tertiary/aromatic N) is 1. The normalized spacial score (nSPS) is 10.7. The summed E-state index contributed by atoms with van der Waals surface area (Å²) in [5, 5.41) is 13.8. The van der Waals surface area contributed by atoms with Crippen molar-refractivity contribution in [1.29, 1.82) is 0 Å². The van der Waals surface area contributed by atoms with Crippen LogP contribution in [0, 0.1) is 11.6 Å². The van der Waals surface area contributed by atoms with E-state index in [1.165, 1.54) is 11.3 Å². The summed E-state index contributed by atoms with van der Waals surface area (Å²) in [4.78, 5) is 4.06. The van der Waals surface area contributed by atoms with Gasteiger partial charge in [-0.15, -0.1) is 11.3 Å². The van der Waals surface area contributed by atoms with Crippen LogP contribution in [0.3, 0.4) is 0 Å². The standard InChI is InChI=1S/C11H10F2N2OS/c12-9-1-7(2-10(13)11(9)16)3-14-4-8-5-17-6-15-8/h1-2,5-6,14,16H,3-4H2. The number of thiazole rings is 1. The first-order valence-corrected chi connectivity index (χ1v) is 5.86. The summed E-state index contributed by atoms with van der Waals surface area (Å²) in [7, 11) is 0. The highest BCUT2D eigenvalue weighted by molar-refractivity contribution is 7.07. The summed E-state index contributed by atoms with van der Waals surface area (Å²) >= 11 is 1.49. The fraction of sp³-hybridized carbons (Fsp3) is 0.182. The third-order valence-electron chi connectivity index (χ3n) is 2.20. The number of aromatic nitrogens is 1. The van der Waals surface area contributed by atoms with Crippen molar-refractivity contribution in [2.75, 3.05) is 0 Å². The molecule has 2 rings (SSSR count). The second kappa shape index (κ2) is 5.20. The molecule has 1 aromatic heterocycles. The topological polar surface area (TPSA) is 45.1 Å². The minimum absolute atomic E-state index is 0.311. The molecule has 90 valence electrons. The van der Waals surface area contributed by atoms with Gasteiger partial charge in [0.05, 0.1) is 11.2 Å². The lowest BCUT2D eigenvalue weighted by atomic mass is 10.2. The van der Waals surface area contributed by atoms with Gasteiger partial charge in [0.15, 0.2) is 17.4 Å². The van der Waals surface area contributed by atoms with Crippen molar-refractivity contribution in [3.63, 3.8) is 0 Å². The van der Waals surface area contributed by atoms with Crippen LogP contribution in [0.15, 0.2) is 23.0 Å². The minimum atomic E-state index is -0.949. The average molecular weight is 256 g/mol. The Morgan fingerprint density at radius 2 is 1.94 bits per heavy atom. The summed E-state index contributed by atoms with van der Waals surface area (Å²) in [6, 6.07) is 2.21. The van der Waals surface area contributed by atoms with E-state index in [0.717, 1.165) is 17.8 Å². The van der Waals surface area contributed by atoms with E-state index in [9.17, 15) is 8.78 Å². The molecule has 0 fully saturated rings. The molecule has 2 aromatic rings. The Kier molecular flexibility index (Phi) is 3.65. The molecule has 0 aliphatic carbocycles. The molecule has 0 aliphatic rings. The van der Waals surface area contributed by atoms with Gasteiger partial charge in [0.25, 0.3) is 0 Å². The maximum Gasteiger partial charge on any atom is 0.187 e. The maximum absolute atomic E-state index is 13.0. The summed E-state index contributed by atoms with van der Waals surface area (Å²) in [6.07, 6.45) is 0. The smallest absolute Gasteiger partial charge is 0.187 e. The molecule has 17 heavy (non-hydrogen) atoms. The summed E-state index contributed by atoms with van der Waals surface area (Å²) in [5.74, 6) is -2.83. The van der Waals surface area contributed by atoms with E-state index < -0.39 is 17.4 Å². The molecule has 0 bridgehead atoms. The van der Waals surface area contributed by atoms with Crippen LogP contribution in [0.5, 0.6) is 5.75 Å². The number of rotatable bonds is 4. The summed E-state index contributed by atoms with van der Waals surface area (Å²) in [5.41, 5.74) is 3.04. The fourth-order valence-corrected chi connectivity index (χ4v) is 1.94. The molecule has 3 nitrogen and oxygen atoms in total. The Morgan fingerprint density at radius 1 is 1.24 bits per heavy atom. The van der Waals surface area contributed by atoms with E-state index in [-0.39, 0.29) is 0 Å². The third-order valence-corrected chi connectivity index (χ3v) is 2.83. The molecule has 0 atom stereocenters. The Labute approximate surface area is 101 Å². The van der Waals surface area contributed by atoms with E-state index in [1.807, 2.05) is 5.38 Å². The molecule has 2 N–H and O–H groups in total. The molecule has 1 aromatic carbocycles. The summed E-state index contributed by atoms with van der Waals surface area (Å²) in [6.45, 7) is 0.846. The molecule has 0 amide bonds. The fourth-order valence-electron chi connectivity index (χ4n) is 1.38. The van der Waals surface area contributed by atoms with Gasteiger partial charge in [-0.1, -0.05) is 0 Å². The number of hydrogen-bond donors (Lipinski definition) is 2. The average Bonchev–Trinajstić information content (AvgIpc) is 2.79. The lowest BCUT2D eigenvalue weighted by molar-refractivity contribution is 0.395. The van der Waals surface area contributed by atoms with Gasteiger partial charge in [-0.05, 0) is 17.7 Å². The van der Waals surface area contributed by atoms with E-state index in [1.54, 1.807) is 5.51 Å². The largest absolute Gasteiger partial charge is 0.503 e. The molecular formula is C11H10F2N2OS. The van der Waals surface area contributed by atoms with Crippen molar-refractivity contribution in [2.24, 2.45) is 0 Å².